The highest BCUT2D eigenvalue weighted by atomic mass is 16.5. The third kappa shape index (κ3) is 5.04. The quantitative estimate of drug-likeness (QED) is 0.369. The molecule has 120 valence electrons. The van der Waals surface area contributed by atoms with E-state index in [-0.39, 0.29) is 0 Å². The second kappa shape index (κ2) is 8.44. The molecule has 7 heteroatoms. The van der Waals surface area contributed by atoms with E-state index < -0.39 is 0 Å². The molecule has 0 fully saturated rings. The van der Waals surface area contributed by atoms with Gasteiger partial charge in [-0.1, -0.05) is 0 Å². The van der Waals surface area contributed by atoms with E-state index in [0.717, 1.165) is 30.1 Å². The minimum absolute atomic E-state index is 0.431. The lowest BCUT2D eigenvalue weighted by Gasteiger charge is -2.12. The number of imidazole rings is 1. The molecule has 1 aromatic carbocycles. The van der Waals surface area contributed by atoms with Gasteiger partial charge in [0.2, 0.25) is 12.2 Å². The van der Waals surface area contributed by atoms with Crippen molar-refractivity contribution in [2.75, 3.05) is 19.0 Å². The van der Waals surface area contributed by atoms with Gasteiger partial charge >= 0.3 is 0 Å². The van der Waals surface area contributed by atoms with Crippen molar-refractivity contribution in [3.8, 4) is 11.9 Å². The van der Waals surface area contributed by atoms with E-state index >= 15 is 0 Å². The number of aromatic nitrogens is 2. The molecule has 23 heavy (non-hydrogen) atoms. The predicted molar refractivity (Wildman–Crippen MR) is 89.2 cm³/mol. The first kappa shape index (κ1) is 16.4. The second-order valence-electron chi connectivity index (χ2n) is 4.92. The van der Waals surface area contributed by atoms with Gasteiger partial charge in [0, 0.05) is 30.7 Å². The van der Waals surface area contributed by atoms with Crippen molar-refractivity contribution in [1.29, 1.82) is 5.26 Å². The number of guanidine groups is 1. The summed E-state index contributed by atoms with van der Waals surface area (Å²) in [5.74, 6) is 1.21. The maximum absolute atomic E-state index is 8.79. The highest BCUT2D eigenvalue weighted by molar-refractivity contribution is 5.94. The summed E-state index contributed by atoms with van der Waals surface area (Å²) in [7, 11) is 1.62. The molecule has 2 aromatic rings. The monoisotopic (exact) mass is 312 g/mol. The Morgan fingerprint density at radius 1 is 1.39 bits per heavy atom. The Hall–Kier alpha value is -3.01. The number of ether oxygens (including phenoxy) is 1. The number of nitriles is 1. The molecule has 0 aliphatic carbocycles. The van der Waals surface area contributed by atoms with Crippen LogP contribution >= 0.6 is 0 Å². The molecule has 0 atom stereocenters. The number of benzene rings is 1. The van der Waals surface area contributed by atoms with Gasteiger partial charge in [-0.05, 0) is 37.6 Å². The lowest BCUT2D eigenvalue weighted by Crippen LogP contribution is -2.31. The van der Waals surface area contributed by atoms with Gasteiger partial charge in [-0.3, -0.25) is 0 Å². The van der Waals surface area contributed by atoms with Crippen molar-refractivity contribution < 1.29 is 4.74 Å². The zero-order chi connectivity index (χ0) is 16.5. The van der Waals surface area contributed by atoms with E-state index in [2.05, 4.69) is 25.2 Å². The first-order chi connectivity index (χ1) is 11.2. The van der Waals surface area contributed by atoms with Gasteiger partial charge in [-0.15, -0.1) is 4.99 Å². The van der Waals surface area contributed by atoms with Crippen LogP contribution in [-0.4, -0.2) is 29.2 Å². The summed E-state index contributed by atoms with van der Waals surface area (Å²) < 4.78 is 7.20. The third-order valence-electron chi connectivity index (χ3n) is 3.30. The van der Waals surface area contributed by atoms with E-state index in [9.17, 15) is 0 Å². The van der Waals surface area contributed by atoms with Crippen LogP contribution in [-0.2, 0) is 6.54 Å². The lowest BCUT2D eigenvalue weighted by molar-refractivity contribution is 0.415. The Kier molecular flexibility index (Phi) is 6.00. The van der Waals surface area contributed by atoms with Gasteiger partial charge in [0.25, 0.3) is 0 Å². The van der Waals surface area contributed by atoms with E-state index in [4.69, 9.17) is 10.00 Å². The molecule has 0 bridgehead atoms. The summed E-state index contributed by atoms with van der Waals surface area (Å²) in [5.41, 5.74) is 1.96. The molecule has 2 N–H and O–H groups in total. The van der Waals surface area contributed by atoms with Crippen LogP contribution in [0.2, 0.25) is 0 Å². The number of aryl methyl sites for hydroxylation is 2. The molecule has 0 radical (unpaired) electrons. The number of hydrogen-bond donors (Lipinski definition) is 2. The highest BCUT2D eigenvalue weighted by Gasteiger charge is 2.01. The first-order valence-electron chi connectivity index (χ1n) is 7.31. The van der Waals surface area contributed by atoms with Gasteiger partial charge in [-0.2, -0.15) is 5.26 Å². The van der Waals surface area contributed by atoms with Crippen molar-refractivity contribution in [1.82, 2.24) is 14.9 Å². The lowest BCUT2D eigenvalue weighted by atomic mass is 10.3. The normalized spacial score (nSPS) is 10.9. The molecule has 0 aliphatic heterocycles. The van der Waals surface area contributed by atoms with Crippen LogP contribution in [0.1, 0.15) is 12.1 Å². The number of rotatable bonds is 6. The summed E-state index contributed by atoms with van der Waals surface area (Å²) in [6.07, 6.45) is 6.34. The maximum atomic E-state index is 8.79. The summed E-state index contributed by atoms with van der Waals surface area (Å²) in [6, 6.07) is 7.41. The van der Waals surface area contributed by atoms with E-state index in [1.54, 1.807) is 13.3 Å². The molecule has 0 saturated heterocycles. The highest BCUT2D eigenvalue weighted by Crippen LogP contribution is 2.14. The SMILES string of the molecule is COc1ccc(N/C(=N/C#N)NCCCn2cncc2C)cc1. The molecule has 0 saturated carbocycles. The molecule has 2 rings (SSSR count). The smallest absolute Gasteiger partial charge is 0.211 e. The van der Waals surface area contributed by atoms with Crippen LogP contribution in [0.25, 0.3) is 0 Å². The fourth-order valence-electron chi connectivity index (χ4n) is 2.05. The predicted octanol–water partition coefficient (Wildman–Crippen LogP) is 2.13. The topological polar surface area (TPSA) is 87.3 Å². The minimum atomic E-state index is 0.431. The van der Waals surface area contributed by atoms with E-state index in [1.807, 2.05) is 43.7 Å². The van der Waals surface area contributed by atoms with Crippen LogP contribution in [0, 0.1) is 18.4 Å². The standard InChI is InChI=1S/C16H20N6O/c1-13-10-18-12-22(13)9-3-8-19-16(20-11-17)21-14-4-6-15(23-2)7-5-14/h4-7,10,12H,3,8-9H2,1-2H3,(H2,19,20,21). The third-order valence-corrected chi connectivity index (χ3v) is 3.30. The Labute approximate surface area is 135 Å². The maximum Gasteiger partial charge on any atom is 0.211 e. The van der Waals surface area contributed by atoms with Gasteiger partial charge < -0.3 is 19.9 Å². The summed E-state index contributed by atoms with van der Waals surface area (Å²) in [6.45, 7) is 3.58. The first-order valence-corrected chi connectivity index (χ1v) is 7.31. The van der Waals surface area contributed by atoms with Gasteiger partial charge in [0.05, 0.1) is 13.4 Å². The van der Waals surface area contributed by atoms with Gasteiger partial charge in [0.15, 0.2) is 0 Å². The molecular formula is C16H20N6O. The molecule has 0 spiro atoms. The molecule has 7 nitrogen and oxygen atoms in total. The Balaban J connectivity index is 1.83. The van der Waals surface area contributed by atoms with Crippen LogP contribution in [0.5, 0.6) is 5.75 Å². The number of anilines is 1. The van der Waals surface area contributed by atoms with Gasteiger partial charge in [-0.25, -0.2) is 4.98 Å². The number of hydrogen-bond acceptors (Lipinski definition) is 4. The van der Waals surface area contributed by atoms with E-state index in [1.165, 1.54) is 0 Å². The van der Waals surface area contributed by atoms with Crippen molar-refractivity contribution >= 4 is 11.6 Å². The van der Waals surface area contributed by atoms with Gasteiger partial charge in [0.1, 0.15) is 5.75 Å². The van der Waals surface area contributed by atoms with Crippen molar-refractivity contribution in [2.45, 2.75) is 19.9 Å². The largest absolute Gasteiger partial charge is 0.497 e. The van der Waals surface area contributed by atoms with E-state index in [0.29, 0.717) is 12.5 Å². The van der Waals surface area contributed by atoms with Crippen molar-refractivity contribution in [3.63, 3.8) is 0 Å². The summed E-state index contributed by atoms with van der Waals surface area (Å²) >= 11 is 0. The molecule has 1 aromatic heterocycles. The molecule has 0 amide bonds. The summed E-state index contributed by atoms with van der Waals surface area (Å²) in [4.78, 5) is 7.85. The van der Waals surface area contributed by atoms with Crippen LogP contribution < -0.4 is 15.4 Å². The fraction of sp³-hybridized carbons (Fsp3) is 0.312. The number of nitrogens with one attached hydrogen (secondary N) is 2. The molecule has 0 aliphatic rings. The van der Waals surface area contributed by atoms with Crippen molar-refractivity contribution in [3.05, 3.63) is 42.5 Å². The average molecular weight is 312 g/mol. The number of aliphatic imine (C=N–C) groups is 1. The number of nitrogens with zero attached hydrogens (tertiary/aromatic N) is 4. The fourth-order valence-corrected chi connectivity index (χ4v) is 2.05. The minimum Gasteiger partial charge on any atom is -0.497 e. The number of methoxy groups -OCH3 is 1. The Morgan fingerprint density at radius 3 is 2.78 bits per heavy atom. The average Bonchev–Trinajstić information content (AvgIpc) is 2.97. The van der Waals surface area contributed by atoms with Crippen LogP contribution in [0.4, 0.5) is 5.69 Å². The zero-order valence-corrected chi connectivity index (χ0v) is 13.3. The molecule has 1 heterocycles. The zero-order valence-electron chi connectivity index (χ0n) is 13.3. The Morgan fingerprint density at radius 2 is 2.17 bits per heavy atom. The molecular weight excluding hydrogens is 292 g/mol. The summed E-state index contributed by atoms with van der Waals surface area (Å²) in [5, 5.41) is 15.0. The van der Waals surface area contributed by atoms with Crippen LogP contribution in [0.3, 0.4) is 0 Å². The molecule has 0 unspecified atom stereocenters. The Bertz CT molecular complexity index is 683. The van der Waals surface area contributed by atoms with Crippen LogP contribution in [0.15, 0.2) is 41.8 Å². The van der Waals surface area contributed by atoms with Crippen molar-refractivity contribution in [2.24, 2.45) is 4.99 Å². The second-order valence-corrected chi connectivity index (χ2v) is 4.92.